The van der Waals surface area contributed by atoms with Gasteiger partial charge in [-0.2, -0.15) is 0 Å². The van der Waals surface area contributed by atoms with Crippen LogP contribution in [0.4, 0.5) is 5.69 Å². The highest BCUT2D eigenvalue weighted by molar-refractivity contribution is 7.91. The standard InChI is InChI=1S/C21H25ClN2O3S/c1-16-4-3-5-20(17(16)2)23-11-13-24(14-12-23)21(25)10-15-28(26,27)19-8-6-18(22)7-9-19/h3-9H,10-15H2,1-2H3. The molecule has 1 fully saturated rings. The first-order valence-corrected chi connectivity index (χ1v) is 11.4. The Balaban J connectivity index is 1.55. The largest absolute Gasteiger partial charge is 0.368 e. The molecule has 3 rings (SSSR count). The minimum atomic E-state index is -3.49. The van der Waals surface area contributed by atoms with Crippen LogP contribution in [0, 0.1) is 13.8 Å². The summed E-state index contributed by atoms with van der Waals surface area (Å²) in [5.74, 6) is -0.303. The highest BCUT2D eigenvalue weighted by Gasteiger charge is 2.24. The van der Waals surface area contributed by atoms with E-state index < -0.39 is 9.84 Å². The number of nitrogens with zero attached hydrogens (tertiary/aromatic N) is 2. The number of piperazine rings is 1. The molecule has 0 aromatic heterocycles. The Kier molecular flexibility index (Phi) is 6.30. The Bertz CT molecular complexity index is 950. The highest BCUT2D eigenvalue weighted by Crippen LogP contribution is 2.24. The number of hydrogen-bond acceptors (Lipinski definition) is 4. The van der Waals surface area contributed by atoms with Crippen LogP contribution in [0.5, 0.6) is 0 Å². The molecule has 1 heterocycles. The van der Waals surface area contributed by atoms with Crippen LogP contribution in [0.3, 0.4) is 0 Å². The van der Waals surface area contributed by atoms with Gasteiger partial charge in [0.2, 0.25) is 5.91 Å². The molecule has 0 bridgehead atoms. The van der Waals surface area contributed by atoms with E-state index in [-0.39, 0.29) is 23.0 Å². The van der Waals surface area contributed by atoms with Crippen LogP contribution in [-0.4, -0.2) is 51.2 Å². The molecular formula is C21H25ClN2O3S. The third kappa shape index (κ3) is 4.67. The summed E-state index contributed by atoms with van der Waals surface area (Å²) in [6, 6.07) is 12.3. The van der Waals surface area contributed by atoms with Crippen LogP contribution in [0.2, 0.25) is 5.02 Å². The van der Waals surface area contributed by atoms with Gasteiger partial charge in [0.1, 0.15) is 0 Å². The van der Waals surface area contributed by atoms with Crippen LogP contribution in [-0.2, 0) is 14.6 Å². The molecule has 2 aromatic rings. The highest BCUT2D eigenvalue weighted by atomic mass is 35.5. The molecule has 7 heteroatoms. The molecule has 5 nitrogen and oxygen atoms in total. The van der Waals surface area contributed by atoms with Crippen molar-refractivity contribution in [3.63, 3.8) is 0 Å². The van der Waals surface area contributed by atoms with E-state index in [2.05, 4.69) is 36.9 Å². The minimum Gasteiger partial charge on any atom is -0.368 e. The number of amides is 1. The zero-order chi connectivity index (χ0) is 20.3. The minimum absolute atomic E-state index is 0.00552. The van der Waals surface area contributed by atoms with Crippen molar-refractivity contribution in [1.29, 1.82) is 0 Å². The monoisotopic (exact) mass is 420 g/mol. The molecule has 0 aliphatic carbocycles. The van der Waals surface area contributed by atoms with E-state index in [4.69, 9.17) is 11.6 Å². The summed E-state index contributed by atoms with van der Waals surface area (Å²) in [5, 5.41) is 0.483. The topological polar surface area (TPSA) is 57.7 Å². The van der Waals surface area contributed by atoms with Gasteiger partial charge in [-0.15, -0.1) is 0 Å². The third-order valence-corrected chi connectivity index (χ3v) is 7.29. The molecule has 0 saturated carbocycles. The van der Waals surface area contributed by atoms with E-state index >= 15 is 0 Å². The molecule has 1 saturated heterocycles. The summed E-state index contributed by atoms with van der Waals surface area (Å²) in [7, 11) is -3.49. The van der Waals surface area contributed by atoms with E-state index in [0.29, 0.717) is 18.1 Å². The lowest BCUT2D eigenvalue weighted by Gasteiger charge is -2.37. The number of anilines is 1. The smallest absolute Gasteiger partial charge is 0.223 e. The number of benzene rings is 2. The number of hydrogen-bond donors (Lipinski definition) is 0. The molecule has 0 atom stereocenters. The van der Waals surface area contributed by atoms with Crippen molar-refractivity contribution in [2.24, 2.45) is 0 Å². The first-order chi connectivity index (χ1) is 13.3. The zero-order valence-electron chi connectivity index (χ0n) is 16.2. The number of rotatable bonds is 5. The normalized spacial score (nSPS) is 15.0. The molecule has 2 aromatic carbocycles. The average molecular weight is 421 g/mol. The second-order valence-corrected chi connectivity index (χ2v) is 9.66. The molecule has 0 radical (unpaired) electrons. The van der Waals surface area contributed by atoms with Crippen molar-refractivity contribution < 1.29 is 13.2 Å². The SMILES string of the molecule is Cc1cccc(N2CCN(C(=O)CCS(=O)(=O)c3ccc(Cl)cc3)CC2)c1C. The van der Waals surface area contributed by atoms with Gasteiger partial charge in [0.05, 0.1) is 10.6 Å². The van der Waals surface area contributed by atoms with Gasteiger partial charge in [0.25, 0.3) is 0 Å². The van der Waals surface area contributed by atoms with E-state index in [9.17, 15) is 13.2 Å². The fourth-order valence-corrected chi connectivity index (χ4v) is 4.77. The molecule has 1 amide bonds. The van der Waals surface area contributed by atoms with Gasteiger partial charge >= 0.3 is 0 Å². The number of carbonyl (C=O) groups is 1. The second kappa shape index (κ2) is 8.53. The van der Waals surface area contributed by atoms with Crippen molar-refractivity contribution >= 4 is 33.0 Å². The molecule has 0 spiro atoms. The Morgan fingerprint density at radius 2 is 1.64 bits per heavy atom. The molecule has 1 aliphatic rings. The van der Waals surface area contributed by atoms with Gasteiger partial charge in [-0.3, -0.25) is 4.79 Å². The van der Waals surface area contributed by atoms with E-state index in [0.717, 1.165) is 13.1 Å². The van der Waals surface area contributed by atoms with E-state index in [1.54, 1.807) is 17.0 Å². The third-order valence-electron chi connectivity index (χ3n) is 5.31. The van der Waals surface area contributed by atoms with Crippen molar-refractivity contribution in [3.8, 4) is 0 Å². The zero-order valence-corrected chi connectivity index (χ0v) is 17.8. The quantitative estimate of drug-likeness (QED) is 0.743. The van der Waals surface area contributed by atoms with Gasteiger partial charge in [0.15, 0.2) is 9.84 Å². The average Bonchev–Trinajstić information content (AvgIpc) is 2.69. The van der Waals surface area contributed by atoms with Crippen molar-refractivity contribution in [2.45, 2.75) is 25.2 Å². The van der Waals surface area contributed by atoms with Gasteiger partial charge in [-0.05, 0) is 55.3 Å². The summed E-state index contributed by atoms with van der Waals surface area (Å²) in [5.41, 5.74) is 3.72. The Hall–Kier alpha value is -2.05. The fraction of sp³-hybridized carbons (Fsp3) is 0.381. The summed E-state index contributed by atoms with van der Waals surface area (Å²) < 4.78 is 24.8. The molecule has 0 N–H and O–H groups in total. The lowest BCUT2D eigenvalue weighted by atomic mass is 10.1. The van der Waals surface area contributed by atoms with Gasteiger partial charge < -0.3 is 9.80 Å². The van der Waals surface area contributed by atoms with Crippen molar-refractivity contribution in [3.05, 3.63) is 58.6 Å². The number of halogens is 1. The van der Waals surface area contributed by atoms with Crippen LogP contribution in [0.25, 0.3) is 0 Å². The lowest BCUT2D eigenvalue weighted by molar-refractivity contribution is -0.131. The Labute approximate surface area is 171 Å². The van der Waals surface area contributed by atoms with Crippen LogP contribution in [0.15, 0.2) is 47.4 Å². The first kappa shape index (κ1) is 20.7. The lowest BCUT2D eigenvalue weighted by Crippen LogP contribution is -2.49. The van der Waals surface area contributed by atoms with Gasteiger partial charge in [-0.1, -0.05) is 23.7 Å². The summed E-state index contributed by atoms with van der Waals surface area (Å²) >= 11 is 5.81. The Morgan fingerprint density at radius 3 is 2.29 bits per heavy atom. The number of carbonyl (C=O) groups excluding carboxylic acids is 1. The summed E-state index contributed by atoms with van der Waals surface area (Å²) in [6.07, 6.45) is -0.00552. The van der Waals surface area contributed by atoms with Crippen LogP contribution in [0.1, 0.15) is 17.5 Å². The first-order valence-electron chi connectivity index (χ1n) is 9.35. The Morgan fingerprint density at radius 1 is 1.00 bits per heavy atom. The van der Waals surface area contributed by atoms with Crippen LogP contribution >= 0.6 is 11.6 Å². The summed E-state index contributed by atoms with van der Waals surface area (Å²) in [6.45, 7) is 6.92. The molecular weight excluding hydrogens is 396 g/mol. The van der Waals surface area contributed by atoms with Crippen LogP contribution < -0.4 is 4.90 Å². The maximum absolute atomic E-state index is 12.5. The number of sulfone groups is 1. The molecule has 150 valence electrons. The predicted molar refractivity (Wildman–Crippen MR) is 113 cm³/mol. The van der Waals surface area contributed by atoms with E-state index in [1.165, 1.54) is 28.9 Å². The predicted octanol–water partition coefficient (Wildman–Crippen LogP) is 3.47. The fourth-order valence-electron chi connectivity index (χ4n) is 3.41. The maximum atomic E-state index is 12.5. The number of aryl methyl sites for hydroxylation is 1. The van der Waals surface area contributed by atoms with Crippen molar-refractivity contribution in [1.82, 2.24) is 4.90 Å². The summed E-state index contributed by atoms with van der Waals surface area (Å²) in [4.78, 5) is 16.8. The van der Waals surface area contributed by atoms with Gasteiger partial charge in [-0.25, -0.2) is 8.42 Å². The van der Waals surface area contributed by atoms with E-state index in [1.807, 2.05) is 0 Å². The van der Waals surface area contributed by atoms with Crippen molar-refractivity contribution in [2.75, 3.05) is 36.8 Å². The molecule has 28 heavy (non-hydrogen) atoms. The maximum Gasteiger partial charge on any atom is 0.223 e. The molecule has 0 unspecified atom stereocenters. The van der Waals surface area contributed by atoms with Gasteiger partial charge in [0, 0.05) is 43.3 Å². The second-order valence-electron chi connectivity index (χ2n) is 7.11. The molecule has 1 aliphatic heterocycles.